The van der Waals surface area contributed by atoms with Crippen molar-refractivity contribution in [3.8, 4) is 0 Å². The van der Waals surface area contributed by atoms with E-state index >= 15 is 0 Å². The zero-order valence-electron chi connectivity index (χ0n) is 4.53. The quantitative estimate of drug-likeness (QED) is 0.492. The number of aromatic carboxylic acids is 1. The van der Waals surface area contributed by atoms with Gasteiger partial charge < -0.3 is 9.90 Å². The molecule has 0 saturated heterocycles. The number of hydrogen-bond donors (Lipinski definition) is 0. The molecular weight excluding hydrogens is 120 g/mol. The first-order chi connectivity index (χ1) is 4.30. The Morgan fingerprint density at radius 2 is 2.33 bits per heavy atom. The van der Waals surface area contributed by atoms with E-state index in [1.54, 1.807) is 12.1 Å². The summed E-state index contributed by atoms with van der Waals surface area (Å²) in [4.78, 5) is 10.00. The molecule has 0 bridgehead atoms. The second kappa shape index (κ2) is 2.26. The topological polar surface area (TPSA) is 51.4 Å². The summed E-state index contributed by atoms with van der Waals surface area (Å²) in [7, 11) is 0. The van der Waals surface area contributed by atoms with Gasteiger partial charge in [0.05, 0.1) is 0 Å². The van der Waals surface area contributed by atoms with Gasteiger partial charge in [0, 0.05) is 12.1 Å². The van der Waals surface area contributed by atoms with Gasteiger partial charge >= 0.3 is 12.0 Å². The predicted octanol–water partition coefficient (Wildman–Crippen LogP) is -0.0758. The van der Waals surface area contributed by atoms with E-state index in [1.165, 1.54) is 12.3 Å². The number of carboxylic acid groups (broad SMARTS) is 1. The maximum Gasteiger partial charge on any atom is 0.375 e. The monoisotopic (exact) mass is 124 g/mol. The van der Waals surface area contributed by atoms with Crippen molar-refractivity contribution in [3.63, 3.8) is 0 Å². The van der Waals surface area contributed by atoms with Crippen LogP contribution in [0.3, 0.4) is 0 Å². The third-order valence-corrected chi connectivity index (χ3v) is 0.833. The molecule has 0 atom stereocenters. The fraction of sp³-hybridized carbons (Fsp3) is 0. The maximum atomic E-state index is 10.00. The second-order valence-electron chi connectivity index (χ2n) is 1.46. The Balaban J connectivity index is 2.98. The molecule has 1 heterocycles. The molecule has 0 aromatic carbocycles. The number of rotatable bonds is 1. The highest BCUT2D eigenvalue weighted by Crippen LogP contribution is 1.94. The van der Waals surface area contributed by atoms with Crippen LogP contribution in [0.15, 0.2) is 28.9 Å². The number of hydrogen-bond acceptors (Lipinski definition) is 2. The molecular formula is C6H4O3. The minimum atomic E-state index is -1.30. The molecule has 0 saturated carbocycles. The molecule has 46 valence electrons. The van der Waals surface area contributed by atoms with Gasteiger partial charge in [-0.15, -0.1) is 0 Å². The highest BCUT2D eigenvalue weighted by Gasteiger charge is 2.03. The first-order valence-corrected chi connectivity index (χ1v) is 2.39. The lowest BCUT2D eigenvalue weighted by Crippen LogP contribution is -2.21. The number of carboxylic acids is 1. The van der Waals surface area contributed by atoms with E-state index < -0.39 is 5.97 Å². The fourth-order valence-corrected chi connectivity index (χ4v) is 0.456. The summed E-state index contributed by atoms with van der Waals surface area (Å²) in [5.74, 6) is -1.45. The predicted molar refractivity (Wildman–Crippen MR) is 27.4 cm³/mol. The van der Waals surface area contributed by atoms with Crippen LogP contribution >= 0.6 is 0 Å². The zero-order valence-corrected chi connectivity index (χ0v) is 4.53. The lowest BCUT2D eigenvalue weighted by Gasteiger charge is -1.85. The van der Waals surface area contributed by atoms with Crippen LogP contribution in [0.5, 0.6) is 0 Å². The second-order valence-corrected chi connectivity index (χ2v) is 1.46. The van der Waals surface area contributed by atoms with Crippen LogP contribution in [0.2, 0.25) is 0 Å². The van der Waals surface area contributed by atoms with E-state index in [2.05, 4.69) is 4.42 Å². The third kappa shape index (κ3) is 1.25. The van der Waals surface area contributed by atoms with E-state index in [1.807, 2.05) is 0 Å². The summed E-state index contributed by atoms with van der Waals surface area (Å²) in [6.45, 7) is 0. The zero-order chi connectivity index (χ0) is 6.69. The molecule has 9 heavy (non-hydrogen) atoms. The Labute approximate surface area is 51.6 Å². The highest BCUT2D eigenvalue weighted by atomic mass is 16.4. The van der Waals surface area contributed by atoms with Gasteiger partial charge in [0.2, 0.25) is 0 Å². The smallest absolute Gasteiger partial charge is 0.375 e. The fourth-order valence-electron chi connectivity index (χ4n) is 0.456. The Morgan fingerprint density at radius 1 is 1.56 bits per heavy atom. The molecule has 0 unspecified atom stereocenters. The van der Waals surface area contributed by atoms with Gasteiger partial charge in [-0.25, -0.2) is 4.42 Å². The van der Waals surface area contributed by atoms with Crippen LogP contribution in [0.4, 0.5) is 0 Å². The Morgan fingerprint density at radius 3 is 2.67 bits per heavy atom. The molecule has 0 fully saturated rings. The summed E-state index contributed by atoms with van der Waals surface area (Å²) >= 11 is 0. The number of carbonyl (C=O) groups excluding carboxylic acids is 1. The van der Waals surface area contributed by atoms with Crippen molar-refractivity contribution < 1.29 is 14.3 Å². The van der Waals surface area contributed by atoms with Crippen molar-refractivity contribution in [3.05, 3.63) is 30.2 Å². The first kappa shape index (κ1) is 5.75. The average Bonchev–Trinajstić information content (AvgIpc) is 1.90. The molecule has 0 amide bonds. The summed E-state index contributed by atoms with van der Waals surface area (Å²) in [6.07, 6.45) is 1.28. The summed E-state index contributed by atoms with van der Waals surface area (Å²) in [6, 6.07) is 4.48. The summed E-state index contributed by atoms with van der Waals surface area (Å²) in [5.41, 5.74) is 0. The molecule has 1 aromatic rings. The lowest BCUT2D eigenvalue weighted by molar-refractivity contribution is -0.257. The molecule has 3 nitrogen and oxygen atoms in total. The molecule has 3 heteroatoms. The standard InChI is InChI=1S/C6H4O3/c7-6(8)5-3-1-2-4-9-5/h1-4H. The summed E-state index contributed by atoms with van der Waals surface area (Å²) in [5, 5.41) is 10.00. The normalized spacial score (nSPS) is 8.89. The van der Waals surface area contributed by atoms with Gasteiger partial charge in [0.25, 0.3) is 0 Å². The SMILES string of the molecule is O=C([O-])c1cccc[o+]1. The van der Waals surface area contributed by atoms with E-state index in [0.29, 0.717) is 0 Å². The first-order valence-electron chi connectivity index (χ1n) is 2.39. The molecule has 1 aromatic heterocycles. The average molecular weight is 124 g/mol. The molecule has 0 aliphatic rings. The van der Waals surface area contributed by atoms with Crippen LogP contribution in [-0.2, 0) is 0 Å². The molecule has 0 radical (unpaired) electrons. The van der Waals surface area contributed by atoms with Crippen molar-refractivity contribution >= 4 is 5.97 Å². The third-order valence-electron chi connectivity index (χ3n) is 0.833. The van der Waals surface area contributed by atoms with Crippen molar-refractivity contribution in [2.24, 2.45) is 0 Å². The van der Waals surface area contributed by atoms with Crippen molar-refractivity contribution in [2.45, 2.75) is 0 Å². The van der Waals surface area contributed by atoms with Crippen molar-refractivity contribution in [2.75, 3.05) is 0 Å². The van der Waals surface area contributed by atoms with Gasteiger partial charge in [-0.3, -0.25) is 0 Å². The molecule has 0 aliphatic heterocycles. The van der Waals surface area contributed by atoms with Crippen LogP contribution in [0.1, 0.15) is 10.6 Å². The van der Waals surface area contributed by atoms with Gasteiger partial charge in [-0.1, -0.05) is 0 Å². The van der Waals surface area contributed by atoms with Crippen molar-refractivity contribution in [1.29, 1.82) is 0 Å². The molecule has 0 aliphatic carbocycles. The van der Waals surface area contributed by atoms with Gasteiger partial charge in [-0.05, 0) is 6.07 Å². The largest absolute Gasteiger partial charge is 0.537 e. The molecule has 0 spiro atoms. The van der Waals surface area contributed by atoms with Gasteiger partial charge in [0.15, 0.2) is 5.97 Å². The highest BCUT2D eigenvalue weighted by molar-refractivity contribution is 5.81. The number of carbonyl (C=O) groups is 1. The van der Waals surface area contributed by atoms with Gasteiger partial charge in [-0.2, -0.15) is 0 Å². The lowest BCUT2D eigenvalue weighted by atomic mass is 10.4. The van der Waals surface area contributed by atoms with E-state index in [-0.39, 0.29) is 5.76 Å². The Hall–Kier alpha value is -1.38. The van der Waals surface area contributed by atoms with E-state index in [4.69, 9.17) is 0 Å². The van der Waals surface area contributed by atoms with E-state index in [0.717, 1.165) is 0 Å². The van der Waals surface area contributed by atoms with E-state index in [9.17, 15) is 9.90 Å². The van der Waals surface area contributed by atoms with Crippen LogP contribution in [0, 0.1) is 0 Å². The summed E-state index contributed by atoms with van der Waals surface area (Å²) < 4.78 is 4.53. The molecule has 0 N–H and O–H groups in total. The molecule has 1 rings (SSSR count). The minimum Gasteiger partial charge on any atom is -0.537 e. The Kier molecular flexibility index (Phi) is 1.44. The van der Waals surface area contributed by atoms with Crippen LogP contribution < -0.4 is 5.11 Å². The Bertz CT molecular complexity index is 205. The van der Waals surface area contributed by atoms with Crippen LogP contribution in [0.25, 0.3) is 0 Å². The van der Waals surface area contributed by atoms with Crippen molar-refractivity contribution in [1.82, 2.24) is 0 Å². The minimum absolute atomic E-state index is 0.155. The van der Waals surface area contributed by atoms with Gasteiger partial charge in [0.1, 0.15) is 0 Å². The van der Waals surface area contributed by atoms with Crippen LogP contribution in [-0.4, -0.2) is 5.97 Å². The maximum absolute atomic E-state index is 10.00.